The van der Waals surface area contributed by atoms with Crippen LogP contribution in [0.5, 0.6) is 0 Å². The summed E-state index contributed by atoms with van der Waals surface area (Å²) in [5, 5.41) is 0. The van der Waals surface area contributed by atoms with E-state index in [1.54, 1.807) is 0 Å². The van der Waals surface area contributed by atoms with Gasteiger partial charge in [-0.05, 0) is 25.8 Å². The van der Waals surface area contributed by atoms with Crippen LogP contribution in [0.1, 0.15) is 46.0 Å². The number of hydrogen-bond donors (Lipinski definition) is 0. The highest BCUT2D eigenvalue weighted by Gasteiger charge is 2.39. The number of rotatable bonds is 4. The molecular formula is C13H24N2O. The molecule has 2 fully saturated rings. The maximum atomic E-state index is 12.0. The zero-order chi connectivity index (χ0) is 11.5. The van der Waals surface area contributed by atoms with Gasteiger partial charge in [0.05, 0.1) is 0 Å². The van der Waals surface area contributed by atoms with Crippen LogP contribution in [0, 0.1) is 0 Å². The highest BCUT2D eigenvalue weighted by atomic mass is 16.2. The predicted octanol–water partition coefficient (Wildman–Crippen LogP) is 1.87. The molecule has 0 unspecified atom stereocenters. The zero-order valence-electron chi connectivity index (χ0n) is 10.6. The maximum absolute atomic E-state index is 12.0. The van der Waals surface area contributed by atoms with E-state index in [1.165, 1.54) is 12.8 Å². The highest BCUT2D eigenvalue weighted by Crippen LogP contribution is 2.29. The van der Waals surface area contributed by atoms with Crippen molar-refractivity contribution in [1.29, 1.82) is 0 Å². The quantitative estimate of drug-likeness (QED) is 0.728. The summed E-state index contributed by atoms with van der Waals surface area (Å²) in [5.74, 6) is 0.384. The van der Waals surface area contributed by atoms with Crippen LogP contribution in [0.25, 0.3) is 0 Å². The van der Waals surface area contributed by atoms with Crippen molar-refractivity contribution in [1.82, 2.24) is 9.80 Å². The lowest BCUT2D eigenvalue weighted by atomic mass is 10.1. The molecule has 0 radical (unpaired) electrons. The van der Waals surface area contributed by atoms with Crippen molar-refractivity contribution >= 4 is 5.91 Å². The Morgan fingerprint density at radius 1 is 1.19 bits per heavy atom. The Labute approximate surface area is 98.8 Å². The molecule has 2 heterocycles. The largest absolute Gasteiger partial charge is 0.340 e. The second-order valence-corrected chi connectivity index (χ2v) is 5.12. The van der Waals surface area contributed by atoms with E-state index in [9.17, 15) is 4.79 Å². The number of carbonyl (C=O) groups is 1. The minimum absolute atomic E-state index is 0.384. The van der Waals surface area contributed by atoms with Crippen LogP contribution in [0.2, 0.25) is 0 Å². The van der Waals surface area contributed by atoms with Crippen molar-refractivity contribution in [2.24, 2.45) is 0 Å². The maximum Gasteiger partial charge on any atom is 0.222 e. The second-order valence-electron chi connectivity index (χ2n) is 5.12. The van der Waals surface area contributed by atoms with Gasteiger partial charge in [-0.1, -0.05) is 20.3 Å². The summed E-state index contributed by atoms with van der Waals surface area (Å²) in [5.41, 5.74) is 0. The molecule has 0 N–H and O–H groups in total. The van der Waals surface area contributed by atoms with Gasteiger partial charge >= 0.3 is 0 Å². The molecule has 2 aliphatic heterocycles. The molecule has 0 aliphatic carbocycles. The number of fused-ring (bicyclic) bond motifs is 2. The van der Waals surface area contributed by atoms with Gasteiger partial charge in [0.1, 0.15) is 0 Å². The lowest BCUT2D eigenvalue weighted by molar-refractivity contribution is -0.134. The molecule has 2 rings (SSSR count). The molecule has 2 atom stereocenters. The number of likely N-dealkylation sites (tertiary alicyclic amines) is 1. The van der Waals surface area contributed by atoms with Gasteiger partial charge in [0, 0.05) is 31.6 Å². The Balaban J connectivity index is 1.89. The molecule has 92 valence electrons. The van der Waals surface area contributed by atoms with Crippen LogP contribution < -0.4 is 0 Å². The minimum Gasteiger partial charge on any atom is -0.340 e. The Morgan fingerprint density at radius 3 is 2.31 bits per heavy atom. The van der Waals surface area contributed by atoms with E-state index in [1.807, 2.05) is 0 Å². The summed E-state index contributed by atoms with van der Waals surface area (Å²) in [4.78, 5) is 16.7. The van der Waals surface area contributed by atoms with E-state index in [4.69, 9.17) is 0 Å². The molecule has 1 amide bonds. The van der Waals surface area contributed by atoms with Crippen LogP contribution in [-0.2, 0) is 4.79 Å². The van der Waals surface area contributed by atoms with E-state index in [0.29, 0.717) is 18.0 Å². The number of likely N-dealkylation sites (N-methyl/N-ethyl adjacent to an activating group) is 1. The number of hydrogen-bond acceptors (Lipinski definition) is 2. The number of unbranched alkanes of at least 4 members (excludes halogenated alkanes) is 1. The molecule has 0 spiro atoms. The van der Waals surface area contributed by atoms with Gasteiger partial charge in [-0.25, -0.2) is 0 Å². The zero-order valence-corrected chi connectivity index (χ0v) is 10.6. The molecule has 0 aromatic carbocycles. The van der Waals surface area contributed by atoms with E-state index in [-0.39, 0.29) is 0 Å². The number of nitrogens with zero attached hydrogens (tertiary/aromatic N) is 2. The lowest BCUT2D eigenvalue weighted by Crippen LogP contribution is -2.55. The monoisotopic (exact) mass is 224 g/mol. The van der Waals surface area contributed by atoms with Crippen LogP contribution in [0.15, 0.2) is 0 Å². The van der Waals surface area contributed by atoms with Gasteiger partial charge in [-0.15, -0.1) is 0 Å². The smallest absolute Gasteiger partial charge is 0.222 e. The van der Waals surface area contributed by atoms with Gasteiger partial charge in [0.15, 0.2) is 0 Å². The summed E-state index contributed by atoms with van der Waals surface area (Å²) in [7, 11) is 0. The molecule has 2 saturated heterocycles. The first-order chi connectivity index (χ1) is 7.76. The third kappa shape index (κ3) is 2.24. The summed E-state index contributed by atoms with van der Waals surface area (Å²) in [6.07, 6.45) is 5.49. The summed E-state index contributed by atoms with van der Waals surface area (Å²) in [6, 6.07) is 1.30. The third-order valence-electron chi connectivity index (χ3n) is 4.10. The van der Waals surface area contributed by atoms with Crippen molar-refractivity contribution in [3.05, 3.63) is 0 Å². The fourth-order valence-corrected chi connectivity index (χ4v) is 3.20. The molecule has 16 heavy (non-hydrogen) atoms. The third-order valence-corrected chi connectivity index (χ3v) is 4.10. The van der Waals surface area contributed by atoms with Crippen molar-refractivity contribution in [3.63, 3.8) is 0 Å². The number of piperazine rings is 1. The molecule has 0 saturated carbocycles. The van der Waals surface area contributed by atoms with Crippen LogP contribution in [0.4, 0.5) is 0 Å². The Kier molecular flexibility index (Phi) is 3.85. The Hall–Kier alpha value is -0.570. The fourth-order valence-electron chi connectivity index (χ4n) is 3.20. The first-order valence-electron chi connectivity index (χ1n) is 6.79. The Morgan fingerprint density at radius 2 is 1.81 bits per heavy atom. The predicted molar refractivity (Wildman–Crippen MR) is 65.3 cm³/mol. The topological polar surface area (TPSA) is 23.6 Å². The summed E-state index contributed by atoms with van der Waals surface area (Å²) in [6.45, 7) is 7.48. The van der Waals surface area contributed by atoms with Crippen molar-refractivity contribution in [2.75, 3.05) is 19.6 Å². The SMILES string of the molecule is CCCCC(=O)N1C[C@H]2CC[C@@H](C1)N2CC. The number of amides is 1. The van der Waals surface area contributed by atoms with Gasteiger partial charge < -0.3 is 4.90 Å². The summed E-state index contributed by atoms with van der Waals surface area (Å²) < 4.78 is 0. The van der Waals surface area contributed by atoms with E-state index in [2.05, 4.69) is 23.6 Å². The molecule has 3 nitrogen and oxygen atoms in total. The first-order valence-corrected chi connectivity index (χ1v) is 6.79. The molecule has 3 heteroatoms. The lowest BCUT2D eigenvalue weighted by Gasteiger charge is -2.40. The average molecular weight is 224 g/mol. The molecule has 2 aliphatic rings. The average Bonchev–Trinajstić information content (AvgIpc) is 2.54. The van der Waals surface area contributed by atoms with Crippen molar-refractivity contribution in [3.8, 4) is 0 Å². The molecular weight excluding hydrogens is 200 g/mol. The summed E-state index contributed by atoms with van der Waals surface area (Å²) >= 11 is 0. The van der Waals surface area contributed by atoms with E-state index < -0.39 is 0 Å². The normalized spacial score (nSPS) is 29.8. The van der Waals surface area contributed by atoms with E-state index in [0.717, 1.165) is 38.9 Å². The van der Waals surface area contributed by atoms with Crippen molar-refractivity contribution in [2.45, 2.75) is 58.0 Å². The van der Waals surface area contributed by atoms with Gasteiger partial charge in [-0.2, -0.15) is 0 Å². The fraction of sp³-hybridized carbons (Fsp3) is 0.923. The standard InChI is InChI=1S/C13H24N2O/c1-3-5-6-13(16)14-9-11-7-8-12(10-14)15(11)4-2/h11-12H,3-10H2,1-2H3/t11-,12+. The van der Waals surface area contributed by atoms with Crippen molar-refractivity contribution < 1.29 is 4.79 Å². The molecule has 2 bridgehead atoms. The highest BCUT2D eigenvalue weighted by molar-refractivity contribution is 5.76. The molecule has 0 aromatic heterocycles. The van der Waals surface area contributed by atoms with Gasteiger partial charge in [0.2, 0.25) is 5.91 Å². The minimum atomic E-state index is 0.384. The second kappa shape index (κ2) is 5.17. The van der Waals surface area contributed by atoms with Crippen LogP contribution in [0.3, 0.4) is 0 Å². The van der Waals surface area contributed by atoms with Gasteiger partial charge in [-0.3, -0.25) is 9.69 Å². The first kappa shape index (κ1) is 11.9. The van der Waals surface area contributed by atoms with Crippen LogP contribution in [-0.4, -0.2) is 47.4 Å². The number of carbonyl (C=O) groups excluding carboxylic acids is 1. The van der Waals surface area contributed by atoms with Gasteiger partial charge in [0.25, 0.3) is 0 Å². The van der Waals surface area contributed by atoms with Crippen LogP contribution >= 0.6 is 0 Å². The van der Waals surface area contributed by atoms with E-state index >= 15 is 0 Å². The molecule has 0 aromatic rings. The Bertz CT molecular complexity index is 240.